The van der Waals surface area contributed by atoms with Crippen LogP contribution < -0.4 is 19.6 Å². The summed E-state index contributed by atoms with van der Waals surface area (Å²) in [6.07, 6.45) is 0.693. The van der Waals surface area contributed by atoms with Gasteiger partial charge in [-0.3, -0.25) is 18.3 Å². The van der Waals surface area contributed by atoms with E-state index in [0.29, 0.717) is 6.42 Å². The van der Waals surface area contributed by atoms with Crippen LogP contribution in [0.4, 0.5) is 0 Å². The number of phosphoric acid groups is 4. The van der Waals surface area contributed by atoms with Crippen LogP contribution in [0, 0.1) is 11.8 Å². The van der Waals surface area contributed by atoms with Gasteiger partial charge in [-0.25, -0.2) is 0 Å². The zero-order valence-corrected chi connectivity index (χ0v) is 22.6. The minimum atomic E-state index is -4.98. The van der Waals surface area contributed by atoms with E-state index in [1.165, 1.54) is 0 Å². The Bertz CT molecular complexity index is 768. The SMILES string of the molecule is CCC(CO)COP(=O)([O-])OCCOP(=O)([O-])OCCOP(=O)([O-])OCC(CC)COP(=O)([O-])O. The summed E-state index contributed by atoms with van der Waals surface area (Å²) in [4.78, 5) is 53.9. The number of aliphatic hydroxyl groups is 1. The van der Waals surface area contributed by atoms with E-state index >= 15 is 0 Å². The first-order valence-electron chi connectivity index (χ1n) is 10.1. The summed E-state index contributed by atoms with van der Waals surface area (Å²) < 4.78 is 76.1. The van der Waals surface area contributed by atoms with Crippen molar-refractivity contribution in [3.05, 3.63) is 0 Å². The highest BCUT2D eigenvalue weighted by molar-refractivity contribution is 7.46. The van der Waals surface area contributed by atoms with E-state index in [4.69, 9.17) is 10.00 Å². The molecule has 0 saturated heterocycles. The quantitative estimate of drug-likeness (QED) is 0.112. The van der Waals surface area contributed by atoms with E-state index in [0.717, 1.165) is 0 Å². The second-order valence-corrected chi connectivity index (χ2v) is 12.2. The second-order valence-electron chi connectivity index (χ2n) is 6.76. The van der Waals surface area contributed by atoms with Crippen molar-refractivity contribution in [3.63, 3.8) is 0 Å². The highest BCUT2D eigenvalue weighted by Crippen LogP contribution is 2.42. The van der Waals surface area contributed by atoms with Gasteiger partial charge in [0, 0.05) is 18.4 Å². The summed E-state index contributed by atoms with van der Waals surface area (Å²) in [5.74, 6) is -1.14. The van der Waals surface area contributed by atoms with Crippen LogP contribution in [0.15, 0.2) is 0 Å². The molecule has 0 aliphatic carbocycles. The van der Waals surface area contributed by atoms with Crippen molar-refractivity contribution in [1.82, 2.24) is 0 Å². The summed E-state index contributed by atoms with van der Waals surface area (Å²) >= 11 is 0. The zero-order chi connectivity index (χ0) is 27.2. The lowest BCUT2D eigenvalue weighted by Gasteiger charge is -2.27. The highest BCUT2D eigenvalue weighted by Gasteiger charge is 2.18. The Balaban J connectivity index is 4.20. The van der Waals surface area contributed by atoms with Gasteiger partial charge < -0.3 is 61.2 Å². The maximum Gasteiger partial charge on any atom is 0.268 e. The zero-order valence-electron chi connectivity index (χ0n) is 19.0. The summed E-state index contributed by atoms with van der Waals surface area (Å²) in [6, 6.07) is 0. The molecule has 0 aromatic rings. The van der Waals surface area contributed by atoms with Crippen LogP contribution in [0.3, 0.4) is 0 Å². The van der Waals surface area contributed by atoms with Crippen molar-refractivity contribution in [2.24, 2.45) is 11.8 Å². The average Bonchev–Trinajstić information content (AvgIpc) is 2.74. The molecule has 21 heteroatoms. The number of phosphoric ester groups is 4. The van der Waals surface area contributed by atoms with Crippen molar-refractivity contribution in [2.75, 3.05) is 52.9 Å². The van der Waals surface area contributed by atoms with Gasteiger partial charge in [0.1, 0.15) is 0 Å². The maximum atomic E-state index is 11.7. The summed E-state index contributed by atoms with van der Waals surface area (Å²) in [5, 5.41) is 8.97. The fourth-order valence-electron chi connectivity index (χ4n) is 1.88. The minimum Gasteiger partial charge on any atom is -0.756 e. The third kappa shape index (κ3) is 20.1. The van der Waals surface area contributed by atoms with Crippen molar-refractivity contribution >= 4 is 31.3 Å². The van der Waals surface area contributed by atoms with Gasteiger partial charge in [0.25, 0.3) is 31.3 Å². The average molecular weight is 594 g/mol. The number of hydrogen-bond acceptors (Lipinski definition) is 16. The third-order valence-electron chi connectivity index (χ3n) is 3.99. The first-order valence-corrected chi connectivity index (χ1v) is 16.0. The van der Waals surface area contributed by atoms with Gasteiger partial charge in [-0.15, -0.1) is 0 Å². The molecule has 0 amide bonds. The first-order chi connectivity index (χ1) is 16.0. The molecule has 0 fully saturated rings. The van der Waals surface area contributed by atoms with Crippen LogP contribution in [0.5, 0.6) is 0 Å². The van der Waals surface area contributed by atoms with Gasteiger partial charge in [0.05, 0.1) is 46.2 Å². The molecule has 0 spiro atoms. The molecule has 6 unspecified atom stereocenters. The molecule has 0 aromatic carbocycles. The molecule has 0 aliphatic rings. The topological polar surface area (TPSA) is 266 Å². The Labute approximate surface area is 202 Å². The van der Waals surface area contributed by atoms with Crippen molar-refractivity contribution in [1.29, 1.82) is 0 Å². The number of hydrogen-bond donors (Lipinski definition) is 2. The largest absolute Gasteiger partial charge is 0.756 e. The van der Waals surface area contributed by atoms with Crippen LogP contribution in [0.25, 0.3) is 0 Å². The van der Waals surface area contributed by atoms with Crippen molar-refractivity contribution < 1.29 is 79.5 Å². The van der Waals surface area contributed by atoms with E-state index in [-0.39, 0.29) is 19.6 Å². The van der Waals surface area contributed by atoms with Crippen LogP contribution in [0.2, 0.25) is 0 Å². The van der Waals surface area contributed by atoms with Crippen LogP contribution in [-0.4, -0.2) is 62.9 Å². The molecule has 2 N–H and O–H groups in total. The highest BCUT2D eigenvalue weighted by atomic mass is 31.2. The van der Waals surface area contributed by atoms with Crippen LogP contribution in [0.1, 0.15) is 26.7 Å². The van der Waals surface area contributed by atoms with Gasteiger partial charge in [0.2, 0.25) is 0 Å². The third-order valence-corrected chi connectivity index (χ3v) is 7.39. The molecule has 0 aliphatic heterocycles. The lowest BCUT2D eigenvalue weighted by molar-refractivity contribution is -0.236. The molecule has 17 nitrogen and oxygen atoms in total. The van der Waals surface area contributed by atoms with E-state index in [1.54, 1.807) is 13.8 Å². The molecular formula is C14H30O17P4-4. The van der Waals surface area contributed by atoms with Gasteiger partial charge >= 0.3 is 0 Å². The molecule has 0 rings (SSSR count). The fraction of sp³-hybridized carbons (Fsp3) is 1.00. The second kappa shape index (κ2) is 17.1. The maximum absolute atomic E-state index is 11.7. The van der Waals surface area contributed by atoms with E-state index in [9.17, 15) is 37.8 Å². The summed E-state index contributed by atoms with van der Waals surface area (Å²) in [5.41, 5.74) is 0. The lowest BCUT2D eigenvalue weighted by Crippen LogP contribution is -2.20. The minimum absolute atomic E-state index is 0.235. The van der Waals surface area contributed by atoms with Gasteiger partial charge in [-0.2, -0.15) is 0 Å². The molecule has 35 heavy (non-hydrogen) atoms. The van der Waals surface area contributed by atoms with E-state index in [1.807, 2.05) is 0 Å². The Morgan fingerprint density at radius 2 is 0.914 bits per heavy atom. The fourth-order valence-corrected chi connectivity index (χ4v) is 4.49. The van der Waals surface area contributed by atoms with Gasteiger partial charge in [0.15, 0.2) is 0 Å². The molecule has 0 heterocycles. The molecule has 0 bridgehead atoms. The summed E-state index contributed by atoms with van der Waals surface area (Å²) in [7, 11) is -19.6. The molecule has 0 saturated carbocycles. The van der Waals surface area contributed by atoms with Crippen LogP contribution >= 0.6 is 31.3 Å². The van der Waals surface area contributed by atoms with E-state index < -0.39 is 82.8 Å². The molecular weight excluding hydrogens is 564 g/mol. The predicted octanol–water partition coefficient (Wildman–Crippen LogP) is -0.987. The van der Waals surface area contributed by atoms with Crippen LogP contribution in [-0.2, 0) is 49.9 Å². The molecule has 6 atom stereocenters. The van der Waals surface area contributed by atoms with Crippen molar-refractivity contribution in [3.8, 4) is 0 Å². The van der Waals surface area contributed by atoms with Gasteiger partial charge in [-0.05, 0) is 12.8 Å². The summed E-state index contributed by atoms with van der Waals surface area (Å²) in [6.45, 7) is -1.47. The Morgan fingerprint density at radius 1 is 0.600 bits per heavy atom. The molecule has 212 valence electrons. The molecule has 0 radical (unpaired) electrons. The van der Waals surface area contributed by atoms with Crippen molar-refractivity contribution in [2.45, 2.75) is 26.7 Å². The normalized spacial score (nSPS) is 20.8. The Kier molecular flexibility index (Phi) is 17.3. The first kappa shape index (κ1) is 35.4. The standard InChI is InChI=1S/C14H34O17P4/c1-3-13(9-15)10-30-34(21,22)27-7-5-25-33(19,20)26-6-8-28-35(23,24)31-12-14(4-2)11-29-32(16,17)18/h13-15H,3-12H2,1-2H3,(H,19,20)(H,21,22)(H,23,24)(H2,16,17,18)/p-4. The lowest BCUT2D eigenvalue weighted by atomic mass is 10.1. The predicted molar refractivity (Wildman–Crippen MR) is 109 cm³/mol. The smallest absolute Gasteiger partial charge is 0.268 e. The number of rotatable bonds is 22. The Morgan fingerprint density at radius 3 is 1.23 bits per heavy atom. The monoisotopic (exact) mass is 594 g/mol. The molecule has 0 aromatic heterocycles. The Hall–Kier alpha value is 0.400. The number of aliphatic hydroxyl groups excluding tert-OH is 1. The van der Waals surface area contributed by atoms with Gasteiger partial charge in [-0.1, -0.05) is 13.8 Å². The van der Waals surface area contributed by atoms with E-state index in [2.05, 4.69) is 31.7 Å².